The molecule has 17 nitrogen and oxygen atoms in total. The molecule has 6 aliphatic carbocycles. The Kier molecular flexibility index (Phi) is 2.17. The molecule has 6 aromatic heterocycles. The Morgan fingerprint density at radius 3 is 1.41 bits per heavy atom. The Morgan fingerprint density at radius 1 is 0.532 bits per heavy atom. The molecule has 678 valence electrons. The number of nitrogens with zero attached hydrogens (tertiary/aromatic N) is 9. The number of carbonyl (C=O) groups is 3. The lowest BCUT2D eigenvalue weighted by Gasteiger charge is -2.49. The van der Waals surface area contributed by atoms with Crippen molar-refractivity contribution in [1.82, 2.24) is 44.9 Å². The van der Waals surface area contributed by atoms with Gasteiger partial charge in [-0.25, -0.2) is 15.0 Å². The lowest BCUT2D eigenvalue weighted by atomic mass is 9.53. The zero-order valence-corrected chi connectivity index (χ0v) is 46.6. The highest BCUT2D eigenvalue weighted by Gasteiger charge is 2.54. The van der Waals surface area contributed by atoms with Gasteiger partial charge in [0, 0.05) is 510 Å². The third-order valence-corrected chi connectivity index (χ3v) is 18.0. The van der Waals surface area contributed by atoms with Crippen LogP contribution in [0.4, 0.5) is 0 Å². The van der Waals surface area contributed by atoms with E-state index in [0.29, 0.717) is 53.2 Å². The van der Waals surface area contributed by atoms with Crippen LogP contribution in [0.25, 0.3) is 34.2 Å². The molecular formula is C62H337N9O8. The second kappa shape index (κ2) is 22.4. The predicted molar refractivity (Wildman–Crippen MR) is 578 cm³/mol. The van der Waals surface area contributed by atoms with Crippen molar-refractivity contribution in [3.63, 3.8) is 0 Å². The van der Waals surface area contributed by atoms with Gasteiger partial charge < -0.3 is 14.2 Å². The SMILES string of the molecule is COc1nc(-c2ccncc2)nc2c1CC[C@@H]1C(C)(C)C(=O)C=C[C@@]21C.COc1nc(-c2ccncc2)nc2c1CC[C@@H]1[C@@H](C)C(=O)C=C[C@@]21C.COc1nc(-c2ccncc2)nc2c1CC[C@@H]1[C@@H](C)C(=O)CC[C@@]21C.O=C=O.[3HH].[3H][3H].[3H][3H].[3H][3H].[3H][3H].[3H][3H].[3H][3H].[3H][3H].[3H][3H].[3H][3H].[3H][3H].[3H][3H].[3H][3H].[3H][3H].[3H][3H].[3H][3H].[3H][3H].[3H][3H].[3H][3H].[3H][3H].[3H][3H].[3H][3H].[3H][3H].[3H][3H].[3H][3H].[3H][3H].[3H][3H].[3H][3H].[3H][3H].[3H][3H].[3H][3H].[3H][3H].[3H][3H].[3H][3H].[3H][3H].[3H][3H].[3H][3H].[3H][3H].[3H][3H].[3H][3H].[3H][3H].[3H][3H].[3H][3H].[3H][3H].[3H][3H].[3H][3H].[3H][3H].[3H][3H].[3H][3H].[3H][3H].[3H][3H].[3H][3H].[3H][3H].[3H][3H].[3H][3H].[3H][3H].[3H][3H].[3H][3H].[3H][3H].[3H][3H].[3H][3H].[3H][3H].[3H][3H].[3H][3H].[3H][3H].[3H][3H].[3H][3H].[3H][3H].[3H][3H].[3H][3H].[3H][3H].[3H][3H].[3H][3H].[3H][3H].[3H][3H].[3H][3H].[3H][3H].[3H][3H].[3H][3H].[3H][3H].[3H][3H].[3H][3H].[3H][3H].[3H][3H].[3H][3H].[3H][3H].[3H][3H].[3H][3H].[3H][3H].[3H][3H].[3H][3H].[3H][3H].[3H][3H].[3H][3H].[3H][3H].[3H][3H].[3H][3H].[3H][3H].[3H][3H].[3H][3H].[3H][3H].[3H][3H].[3H][3H].[3H][3H].[3H][3H].[3H][3H].[3H][3H].[3H][3H].[3H][3H].[3H][3H].[3H][3H].[3H][3H].[3H][3H].[3H][3H].[3H][3H].[3H][3H].[3H][3H].[3H][3H].[3H][3H].[3H][3H].[3H][3H].[3H][3H].[3H][3H].[3H][3H].[3H][3H].[3H][3H].[3H][3H].[3H][3H].[3H][3H].[3H][3H].[3H][3H].[3H][3H].[3H][3H].[3H][3H].[3H][3H]. The van der Waals surface area contributed by atoms with Gasteiger partial charge in [-0.3, -0.25) is 29.3 Å². The molecule has 12 rings (SSSR count). The Labute approximate surface area is 875 Å². The fourth-order valence-corrected chi connectivity index (χ4v) is 13.6. The standard InChI is InChI=1S/C21H23N3O2.C20H23N3O2.C20H21N3O2.CO2.135H2/c1-20(2)15-6-5-14-17(21(15,3)10-7-16(20)25)23-18(24-19(14)26-4)13-8-11-22-12-9-13;2*1-12-15-5-4-14-17(20(15,2)9-6-16(12)24)22-18(23-19(14)25-3)13-7-10-21-11-8-13;2-1-3;;;;;;;;;;;;;;;;;;;;;;;;;;;;;;;;;;;;;;;;;;;;;;;;;;;;;;;;;;;;;;;;;;;;;;;;;;;;;;;;;;;;;;;;;;;;;;;;;;;;;;;;;;;;;;;;;;;;;;;;;;;;;;;;;;;;;;;/h7-12,15H,5-6H2,1-4H3;7-8,10-12,15H,4-6,9H2,1-3H3;6-12,15H,4-5H2,1-3H3;;135*1H/t15-,21-;2*12-,15-,20-;;;;;;;;;;;;;;;;;;;;;;;;;;;;;;;;;;;;;;;;;;;;;;;;;;;;;;;;;;;;;;;;;;;;;;;;;;;;;;;;;;;;;;;;;;;;;;;;;;;;;;;;;;;;;;;;;;;;;;;;;;;;;;;;;;;;;;;;/m111......................................................................................................................................../s1/i;;;;134*1+2T;1+2. The van der Waals surface area contributed by atoms with Crippen molar-refractivity contribution in [3.05, 3.63) is 132 Å². The van der Waals surface area contributed by atoms with E-state index < -0.39 is 5.41 Å². The van der Waals surface area contributed by atoms with E-state index in [4.69, 9.17) is 437 Å². The van der Waals surface area contributed by atoms with Crippen LogP contribution in [0, 0.1) is 35.0 Å². The molecule has 6 aromatic rings. The number of allylic oxidation sites excluding steroid dienone is 4. The molecule has 1 fully saturated rings. The Balaban J connectivity index is -0.0000000116. The summed E-state index contributed by atoms with van der Waals surface area (Å²) in [7, 11) is 4.97. The van der Waals surface area contributed by atoms with Crippen LogP contribution in [0.3, 0.4) is 0 Å². The highest BCUT2D eigenvalue weighted by atomic mass is 16.5. The molecule has 6 heterocycles. The van der Waals surface area contributed by atoms with Gasteiger partial charge in [-0.1, -0.05) is 60.6 Å². The minimum Gasteiger partial charge on any atom is -0.481 e. The number of carbonyl (C=O) groups excluding carboxylic acids is 5. The topological polar surface area (TPSA) is 229 Å². The average molecular weight is 1880 g/mol. The molecule has 0 spiro atoms. The minimum atomic E-state index is -0.407. The Morgan fingerprint density at radius 2 is 0.937 bits per heavy atom. The Hall–Kier alpha value is -8.04. The number of rotatable bonds is 6. The molecule has 0 aliphatic heterocycles. The van der Waals surface area contributed by atoms with Crippen molar-refractivity contribution in [3.8, 4) is 51.8 Å². The Bertz CT molecular complexity index is 3650. The number of fused-ring (bicyclic) bond motifs is 9. The van der Waals surface area contributed by atoms with Crippen LogP contribution in [0.1, 0.15) is 514 Å². The molecule has 0 N–H and O–H groups in total. The second-order valence-corrected chi connectivity index (χ2v) is 22.5. The molecule has 79 heavy (non-hydrogen) atoms. The molecule has 0 saturated heterocycles. The second-order valence-electron chi connectivity index (χ2n) is 22.5. The number of Topliss-reactive ketones (excluding diaryl/α,β-unsaturated/α-hetero) is 1. The van der Waals surface area contributed by atoms with Crippen molar-refractivity contribution < 1.29 is 438 Å². The zero-order chi connectivity index (χ0) is 324. The quantitative estimate of drug-likeness (QED) is 0.151. The van der Waals surface area contributed by atoms with Gasteiger partial charge >= 0.3 is 6.15 Å². The molecule has 0 radical (unpaired) electrons. The van der Waals surface area contributed by atoms with Crippen molar-refractivity contribution in [2.24, 2.45) is 35.0 Å². The number of hydrogen-bond acceptors (Lipinski definition) is 17. The smallest absolute Gasteiger partial charge is 0.373 e. The van der Waals surface area contributed by atoms with Crippen LogP contribution in [-0.2, 0) is 59.5 Å². The number of ketones is 3. The summed E-state index contributed by atoms with van der Waals surface area (Å²) in [4.78, 5) is 94.1. The van der Waals surface area contributed by atoms with Crippen LogP contribution >= 0.6 is 0 Å². The molecule has 1 saturated carbocycles. The van der Waals surface area contributed by atoms with E-state index >= 15 is 0 Å². The van der Waals surface area contributed by atoms with Gasteiger partial charge in [0.1, 0.15) is 5.78 Å². The van der Waals surface area contributed by atoms with Gasteiger partial charge in [0.2, 0.25) is 17.6 Å². The molecule has 17 heteroatoms. The number of hydrogen-bond donors (Lipinski definition) is 0. The third kappa shape index (κ3) is 10.1. The summed E-state index contributed by atoms with van der Waals surface area (Å²) in [6, 6.07) is 11.4. The first-order chi connectivity index (χ1) is 172. The molecule has 0 aromatic carbocycles. The summed E-state index contributed by atoms with van der Waals surface area (Å²) in [6.07, 6.45) is 25.0. The highest BCUT2D eigenvalue weighted by molar-refractivity contribution is 5.96. The first-order valence-electron chi connectivity index (χ1n) is 161. The number of pyridine rings is 3. The zero-order valence-electron chi connectivity index (χ0n) is 315. The van der Waals surface area contributed by atoms with E-state index in [9.17, 15) is 14.4 Å². The van der Waals surface area contributed by atoms with Gasteiger partial charge in [0.25, 0.3) is 0 Å². The van der Waals surface area contributed by atoms with E-state index in [-0.39, 0.29) is 59.1 Å². The monoisotopic (exact) mass is 1880 g/mol. The molecule has 8 atom stereocenters. The maximum Gasteiger partial charge on any atom is 0.373 e. The van der Waals surface area contributed by atoms with Gasteiger partial charge in [-0.05, 0) is 111 Å². The number of ether oxygens (including phenoxy) is 3. The van der Waals surface area contributed by atoms with Crippen molar-refractivity contribution in [2.45, 2.75) is 116 Å². The molecule has 0 amide bonds. The maximum absolute atomic E-state index is 12.5. The molecule has 0 bridgehead atoms. The largest absolute Gasteiger partial charge is 0.481 e. The van der Waals surface area contributed by atoms with Gasteiger partial charge in [0.05, 0.1) is 38.4 Å². The van der Waals surface area contributed by atoms with Crippen LogP contribution in [0.5, 0.6) is 17.6 Å². The van der Waals surface area contributed by atoms with Gasteiger partial charge in [0.15, 0.2) is 29.0 Å². The van der Waals surface area contributed by atoms with E-state index in [0.717, 1.165) is 95.4 Å². The molecule has 6 aliphatic rings. The summed E-state index contributed by atoms with van der Waals surface area (Å²) in [5, 5.41) is 0. The fourth-order valence-electron chi connectivity index (χ4n) is 13.6. The molecular weight excluding hydrogens is 999 g/mol. The van der Waals surface area contributed by atoms with Gasteiger partial charge in [-0.15, -0.1) is 0 Å². The van der Waals surface area contributed by atoms with Gasteiger partial charge in [-0.2, -0.15) is 24.5 Å². The average Bonchev–Trinajstić information content (AvgIpc) is 0.714. The maximum atomic E-state index is 12.5. The predicted octanol–water partition coefficient (Wildman–Crippen LogP) is 42.7. The summed E-state index contributed by atoms with van der Waals surface area (Å²) in [6.45, 7) is 14.8. The number of methoxy groups -OCH3 is 3. The summed E-state index contributed by atoms with van der Waals surface area (Å²) in [5.41, 5.74) is 7.90. The van der Waals surface area contributed by atoms with Crippen molar-refractivity contribution >= 4 is 23.5 Å². The normalized spacial score (nSPS) is 39.9. The van der Waals surface area contributed by atoms with Crippen LogP contribution in [0.2, 0.25) is 0 Å². The first-order valence-corrected chi connectivity index (χ1v) is 26.9. The lowest BCUT2D eigenvalue weighted by Crippen LogP contribution is -2.50. The van der Waals surface area contributed by atoms with E-state index in [2.05, 4.69) is 71.4 Å². The third-order valence-electron chi connectivity index (χ3n) is 18.0. The van der Waals surface area contributed by atoms with Crippen LogP contribution < -0.4 is 14.2 Å². The summed E-state index contributed by atoms with van der Waals surface area (Å²) < 4.78 is 1360. The van der Waals surface area contributed by atoms with Crippen molar-refractivity contribution in [2.75, 3.05) is 21.3 Å². The molecule has 0 unspecified atom stereocenters. The number of aromatic nitrogens is 9. The highest BCUT2D eigenvalue weighted by Crippen LogP contribution is 2.55. The first kappa shape index (κ1) is 7.66. The van der Waals surface area contributed by atoms with E-state index in [1.807, 2.05) is 55.5 Å². The minimum absolute atomic E-state index is 0. The fraction of sp³-hybridized carbons (Fsp3) is 0.435. The van der Waals surface area contributed by atoms with E-state index in [1.54, 1.807) is 70.7 Å². The van der Waals surface area contributed by atoms with E-state index in [1.165, 1.54) is 0 Å². The lowest BCUT2D eigenvalue weighted by molar-refractivity contribution is -0.191. The summed E-state index contributed by atoms with van der Waals surface area (Å²) >= 11 is 0. The summed E-state index contributed by atoms with van der Waals surface area (Å²) in [5.74, 6) is 5.56. The van der Waals surface area contributed by atoms with Crippen LogP contribution in [0.15, 0.2) is 97.9 Å². The van der Waals surface area contributed by atoms with Crippen LogP contribution in [-0.4, -0.2) is 89.7 Å². The van der Waals surface area contributed by atoms with Crippen molar-refractivity contribution in [1.29, 1.82) is 0 Å².